The van der Waals surface area contributed by atoms with Gasteiger partial charge in [-0.2, -0.15) is 4.79 Å². The maximum Gasteiger partial charge on any atom is 0.517 e. The number of amides is 1. The zero-order valence-corrected chi connectivity index (χ0v) is 18.6. The van der Waals surface area contributed by atoms with Gasteiger partial charge in [-0.1, -0.05) is 0 Å². The largest absolute Gasteiger partial charge is 0.517 e. The van der Waals surface area contributed by atoms with Crippen LogP contribution >= 0.6 is 0 Å². The number of quaternary nitrogens is 1. The van der Waals surface area contributed by atoms with Crippen molar-refractivity contribution in [2.24, 2.45) is 0 Å². The monoisotopic (exact) mass is 411 g/mol. The summed E-state index contributed by atoms with van der Waals surface area (Å²) in [5, 5.41) is 0. The second-order valence-electron chi connectivity index (χ2n) is 9.21. The first-order chi connectivity index (χ1) is 13.8. The van der Waals surface area contributed by atoms with Crippen LogP contribution in [0.3, 0.4) is 0 Å². The molecule has 0 bridgehead atoms. The molecule has 3 saturated heterocycles. The number of likely N-dealkylation sites (N-methyl/N-ethyl adjacent to an activating group) is 1. The summed E-state index contributed by atoms with van der Waals surface area (Å²) in [6.07, 6.45) is 3.26. The number of carbonyl (C=O) groups excluding carboxylic acids is 2. The number of methoxy groups -OCH3 is 1. The fourth-order valence-electron chi connectivity index (χ4n) is 4.96. The number of esters is 1. The Morgan fingerprint density at radius 1 is 1.17 bits per heavy atom. The molecule has 0 aliphatic carbocycles. The van der Waals surface area contributed by atoms with E-state index in [1.165, 1.54) is 7.11 Å². The van der Waals surface area contributed by atoms with Gasteiger partial charge in [0.25, 0.3) is 0 Å². The van der Waals surface area contributed by atoms with E-state index >= 15 is 0 Å². The van der Waals surface area contributed by atoms with Crippen molar-refractivity contribution in [2.45, 2.75) is 57.8 Å². The third kappa shape index (κ3) is 5.29. The van der Waals surface area contributed by atoms with Crippen LogP contribution in [0.5, 0.6) is 0 Å². The van der Waals surface area contributed by atoms with E-state index in [9.17, 15) is 9.59 Å². The number of carbonyl (C=O) groups is 2. The number of nitrogens with zero attached hydrogens (tertiary/aromatic N) is 4. The summed E-state index contributed by atoms with van der Waals surface area (Å²) < 4.78 is 11.0. The lowest BCUT2D eigenvalue weighted by Gasteiger charge is -2.41. The van der Waals surface area contributed by atoms with Gasteiger partial charge >= 0.3 is 12.1 Å². The summed E-state index contributed by atoms with van der Waals surface area (Å²) in [6.45, 7) is 12.0. The summed E-state index contributed by atoms with van der Waals surface area (Å²) in [5.74, 6) is -0.141. The van der Waals surface area contributed by atoms with Gasteiger partial charge in [-0.25, -0.2) is 4.48 Å². The van der Waals surface area contributed by atoms with Crippen LogP contribution in [0, 0.1) is 0 Å². The number of rotatable bonds is 7. The van der Waals surface area contributed by atoms with Crippen LogP contribution in [0.25, 0.3) is 0 Å². The van der Waals surface area contributed by atoms with Crippen molar-refractivity contribution in [1.29, 1.82) is 0 Å². The summed E-state index contributed by atoms with van der Waals surface area (Å²) in [4.78, 5) is 31.3. The molecular weight excluding hydrogens is 372 g/mol. The van der Waals surface area contributed by atoms with Crippen LogP contribution in [0.2, 0.25) is 0 Å². The third-order valence-corrected chi connectivity index (χ3v) is 7.12. The van der Waals surface area contributed by atoms with Crippen molar-refractivity contribution in [1.82, 2.24) is 14.7 Å². The molecule has 29 heavy (non-hydrogen) atoms. The number of ether oxygens (including phenoxy) is 2. The van der Waals surface area contributed by atoms with Crippen LogP contribution in [-0.4, -0.2) is 116 Å². The maximum absolute atomic E-state index is 12.8. The minimum absolute atomic E-state index is 0.0569. The zero-order valence-electron chi connectivity index (χ0n) is 18.6. The van der Waals surface area contributed by atoms with Crippen molar-refractivity contribution < 1.29 is 23.5 Å². The zero-order chi connectivity index (χ0) is 21.0. The van der Waals surface area contributed by atoms with Crippen molar-refractivity contribution in [2.75, 3.05) is 66.5 Å². The molecule has 3 fully saturated rings. The molecule has 0 radical (unpaired) electrons. The summed E-state index contributed by atoms with van der Waals surface area (Å²) in [6, 6.07) is 0.936. The Labute approximate surface area is 175 Å². The molecule has 3 rings (SSSR count). The average Bonchev–Trinajstić information content (AvgIpc) is 3.04. The lowest BCUT2D eigenvalue weighted by atomic mass is 10.0. The van der Waals surface area contributed by atoms with Crippen molar-refractivity contribution in [3.8, 4) is 0 Å². The van der Waals surface area contributed by atoms with E-state index in [4.69, 9.17) is 9.47 Å². The fraction of sp³-hybridized carbons (Fsp3) is 0.905. The first-order valence-electron chi connectivity index (χ1n) is 11.2. The van der Waals surface area contributed by atoms with Crippen LogP contribution < -0.4 is 0 Å². The second-order valence-corrected chi connectivity index (χ2v) is 9.21. The Morgan fingerprint density at radius 2 is 1.83 bits per heavy atom. The average molecular weight is 412 g/mol. The Balaban J connectivity index is 1.45. The van der Waals surface area contributed by atoms with E-state index in [1.54, 1.807) is 0 Å². The predicted octanol–water partition coefficient (Wildman–Crippen LogP) is 1.35. The van der Waals surface area contributed by atoms with E-state index in [0.717, 1.165) is 71.6 Å². The normalized spacial score (nSPS) is 30.7. The van der Waals surface area contributed by atoms with Crippen LogP contribution in [0.15, 0.2) is 0 Å². The molecule has 8 nitrogen and oxygen atoms in total. The number of likely N-dealkylation sites (tertiary alicyclic amines) is 1. The van der Waals surface area contributed by atoms with Gasteiger partial charge in [0.1, 0.15) is 12.6 Å². The highest BCUT2D eigenvalue weighted by atomic mass is 16.6. The van der Waals surface area contributed by atoms with Crippen LogP contribution in [-0.2, 0) is 14.3 Å². The predicted molar refractivity (Wildman–Crippen MR) is 110 cm³/mol. The van der Waals surface area contributed by atoms with Gasteiger partial charge in [-0.15, -0.1) is 0 Å². The lowest BCUT2D eigenvalue weighted by Crippen LogP contribution is -2.59. The molecule has 0 aromatic heterocycles. The fourth-order valence-corrected chi connectivity index (χ4v) is 4.96. The van der Waals surface area contributed by atoms with Gasteiger partial charge in [0, 0.05) is 64.6 Å². The number of piperidine rings is 1. The summed E-state index contributed by atoms with van der Waals surface area (Å²) in [7, 11) is 3.50. The second kappa shape index (κ2) is 9.73. The number of cyclic esters (lactones) is 1. The molecule has 0 aromatic rings. The summed E-state index contributed by atoms with van der Waals surface area (Å²) in [5.41, 5.74) is 0. The smallest absolute Gasteiger partial charge is 0.469 e. The molecule has 0 N–H and O–H groups in total. The molecule has 2 unspecified atom stereocenters. The minimum Gasteiger partial charge on any atom is -0.469 e. The van der Waals surface area contributed by atoms with Crippen molar-refractivity contribution in [3.63, 3.8) is 0 Å². The number of hydrogen-bond donors (Lipinski definition) is 0. The molecule has 2 atom stereocenters. The lowest BCUT2D eigenvalue weighted by molar-refractivity contribution is -0.852. The highest BCUT2D eigenvalue weighted by Gasteiger charge is 2.53. The maximum atomic E-state index is 12.8. The van der Waals surface area contributed by atoms with E-state index in [-0.39, 0.29) is 18.3 Å². The highest BCUT2D eigenvalue weighted by Crippen LogP contribution is 2.31. The van der Waals surface area contributed by atoms with E-state index in [0.29, 0.717) is 23.0 Å². The Morgan fingerprint density at radius 3 is 2.41 bits per heavy atom. The quantitative estimate of drug-likeness (QED) is 0.463. The van der Waals surface area contributed by atoms with Gasteiger partial charge in [-0.3, -0.25) is 9.69 Å². The van der Waals surface area contributed by atoms with Gasteiger partial charge in [0.05, 0.1) is 14.2 Å². The topological polar surface area (TPSA) is 62.3 Å². The molecule has 8 heteroatoms. The minimum atomic E-state index is -0.141. The molecule has 0 saturated carbocycles. The van der Waals surface area contributed by atoms with Crippen LogP contribution in [0.4, 0.5) is 4.79 Å². The standard InChI is InChI=1S/C21H39N4O4/c1-17(2)23-10-7-18(8-11-23)25(3)16-19(29-21(25)27)24-14-12-22(13-15-24)9-5-6-20(26)28-4/h17-19H,5-16H2,1-4H3/q+1. The highest BCUT2D eigenvalue weighted by molar-refractivity contribution is 5.69. The number of hydrogen-bond acceptors (Lipinski definition) is 7. The molecule has 3 aliphatic rings. The molecule has 166 valence electrons. The van der Waals surface area contributed by atoms with E-state index in [2.05, 4.69) is 35.6 Å². The molecule has 0 aromatic carbocycles. The van der Waals surface area contributed by atoms with Gasteiger partial charge in [-0.05, 0) is 26.8 Å². The van der Waals surface area contributed by atoms with E-state index < -0.39 is 0 Å². The van der Waals surface area contributed by atoms with Gasteiger partial charge in [0.2, 0.25) is 6.23 Å². The molecule has 3 heterocycles. The molecule has 0 spiro atoms. The first-order valence-corrected chi connectivity index (χ1v) is 11.2. The Hall–Kier alpha value is -1.22. The SMILES string of the molecule is COC(=O)CCCN1CCN(C2C[N+](C)(C3CCN(C(C)C)CC3)C(=O)O2)CC1. The summed E-state index contributed by atoms with van der Waals surface area (Å²) >= 11 is 0. The van der Waals surface area contributed by atoms with Crippen LogP contribution in [0.1, 0.15) is 39.5 Å². The van der Waals surface area contributed by atoms with Gasteiger partial charge in [0.15, 0.2) is 0 Å². The number of piperazine rings is 1. The van der Waals surface area contributed by atoms with Crippen molar-refractivity contribution >= 4 is 12.1 Å². The Bertz CT molecular complexity index is 571. The first kappa shape index (κ1) is 22.5. The Kier molecular flexibility index (Phi) is 7.53. The van der Waals surface area contributed by atoms with E-state index in [1.807, 2.05) is 0 Å². The van der Waals surface area contributed by atoms with Crippen molar-refractivity contribution in [3.05, 3.63) is 0 Å². The molecule has 3 aliphatic heterocycles. The molecular formula is C21H39N4O4+. The third-order valence-electron chi connectivity index (χ3n) is 7.12. The molecule has 1 amide bonds. The van der Waals surface area contributed by atoms with Gasteiger partial charge < -0.3 is 19.3 Å².